The predicted molar refractivity (Wildman–Crippen MR) is 81.2 cm³/mol. The smallest absolute Gasteiger partial charge is 0.291 e. The Labute approximate surface area is 123 Å². The Morgan fingerprint density at radius 1 is 0.952 bits per heavy atom. The molecule has 2 N–H and O–H groups in total. The number of carbonyl (C=O) groups excluding carboxylic acids is 2. The zero-order valence-electron chi connectivity index (χ0n) is 12.3. The summed E-state index contributed by atoms with van der Waals surface area (Å²) in [6.07, 6.45) is 1.44. The van der Waals surface area contributed by atoms with E-state index in [9.17, 15) is 9.59 Å². The number of benzene rings is 1. The first-order chi connectivity index (χ1) is 9.86. The summed E-state index contributed by atoms with van der Waals surface area (Å²) in [6.45, 7) is 5.54. The van der Waals surface area contributed by atoms with Gasteiger partial charge in [-0.15, -0.1) is 0 Å². The number of hydrogen-bond acceptors (Lipinski definition) is 3. The molecule has 0 saturated carbocycles. The highest BCUT2D eigenvalue weighted by Gasteiger charge is 2.21. The molecule has 1 heterocycles. The van der Waals surface area contributed by atoms with Crippen LogP contribution in [0.2, 0.25) is 0 Å². The molecule has 0 unspecified atom stereocenters. The molecule has 1 aromatic carbocycles. The fourth-order valence-electron chi connectivity index (χ4n) is 1.56. The lowest BCUT2D eigenvalue weighted by Crippen LogP contribution is -2.27. The van der Waals surface area contributed by atoms with Crippen molar-refractivity contribution in [2.75, 3.05) is 10.6 Å². The van der Waals surface area contributed by atoms with Crippen molar-refractivity contribution in [1.82, 2.24) is 0 Å². The van der Waals surface area contributed by atoms with Gasteiger partial charge in [-0.05, 0) is 36.4 Å². The number of rotatable bonds is 3. The molecule has 0 fully saturated rings. The summed E-state index contributed by atoms with van der Waals surface area (Å²) in [4.78, 5) is 23.7. The van der Waals surface area contributed by atoms with Crippen LogP contribution in [0.5, 0.6) is 0 Å². The lowest BCUT2D eigenvalue weighted by Gasteiger charge is -2.17. The molecule has 0 radical (unpaired) electrons. The first kappa shape index (κ1) is 14.8. The molecular weight excluding hydrogens is 268 g/mol. The van der Waals surface area contributed by atoms with Crippen LogP contribution in [0.25, 0.3) is 0 Å². The maximum atomic E-state index is 11.9. The number of hydrogen-bond donors (Lipinski definition) is 2. The Morgan fingerprint density at radius 2 is 1.52 bits per heavy atom. The fraction of sp³-hybridized carbons (Fsp3) is 0.250. The summed E-state index contributed by atoms with van der Waals surface area (Å²) in [5.41, 5.74) is 0.864. The van der Waals surface area contributed by atoms with E-state index in [0.717, 1.165) is 0 Å². The van der Waals surface area contributed by atoms with Crippen LogP contribution in [0.1, 0.15) is 31.3 Å². The minimum atomic E-state index is -0.452. The summed E-state index contributed by atoms with van der Waals surface area (Å²) >= 11 is 0. The molecule has 21 heavy (non-hydrogen) atoms. The van der Waals surface area contributed by atoms with Gasteiger partial charge in [-0.3, -0.25) is 9.59 Å². The van der Waals surface area contributed by atoms with Crippen molar-refractivity contribution in [3.05, 3.63) is 48.4 Å². The molecule has 1 aromatic heterocycles. The Balaban J connectivity index is 1.99. The van der Waals surface area contributed by atoms with E-state index in [4.69, 9.17) is 4.42 Å². The molecule has 5 heteroatoms. The summed E-state index contributed by atoms with van der Waals surface area (Å²) in [5, 5.41) is 5.53. The highest BCUT2D eigenvalue weighted by atomic mass is 16.3. The van der Waals surface area contributed by atoms with Gasteiger partial charge in [-0.25, -0.2) is 0 Å². The van der Waals surface area contributed by atoms with Crippen molar-refractivity contribution in [2.24, 2.45) is 5.41 Å². The number of anilines is 2. The largest absolute Gasteiger partial charge is 0.459 e. The molecule has 5 nitrogen and oxygen atoms in total. The Bertz CT molecular complexity index is 623. The van der Waals surface area contributed by atoms with Crippen molar-refractivity contribution < 1.29 is 14.0 Å². The number of furan rings is 1. The van der Waals surface area contributed by atoms with Gasteiger partial charge >= 0.3 is 0 Å². The maximum Gasteiger partial charge on any atom is 0.291 e. The lowest BCUT2D eigenvalue weighted by atomic mass is 9.95. The van der Waals surface area contributed by atoms with E-state index in [1.54, 1.807) is 36.4 Å². The molecular formula is C16H18N2O3. The highest BCUT2D eigenvalue weighted by molar-refractivity contribution is 6.02. The number of nitrogens with one attached hydrogen (secondary N) is 2. The summed E-state index contributed by atoms with van der Waals surface area (Å²) in [5.74, 6) is -0.124. The van der Waals surface area contributed by atoms with E-state index in [1.165, 1.54) is 6.26 Å². The highest BCUT2D eigenvalue weighted by Crippen LogP contribution is 2.19. The molecule has 0 aliphatic heterocycles. The zero-order valence-corrected chi connectivity index (χ0v) is 12.3. The van der Waals surface area contributed by atoms with Crippen LogP contribution in [-0.2, 0) is 4.79 Å². The van der Waals surface area contributed by atoms with Crippen LogP contribution in [-0.4, -0.2) is 11.8 Å². The summed E-state index contributed by atoms with van der Waals surface area (Å²) < 4.78 is 5.01. The van der Waals surface area contributed by atoms with E-state index in [0.29, 0.717) is 11.4 Å². The van der Waals surface area contributed by atoms with Crippen LogP contribution in [0.3, 0.4) is 0 Å². The second kappa shape index (κ2) is 5.83. The van der Waals surface area contributed by atoms with Crippen molar-refractivity contribution in [2.45, 2.75) is 20.8 Å². The van der Waals surface area contributed by atoms with E-state index in [-0.39, 0.29) is 17.6 Å². The standard InChI is InChI=1S/C16H18N2O3/c1-16(2,3)15(20)18-12-8-6-11(7-9-12)17-14(19)13-5-4-10-21-13/h4-10H,1-3H3,(H,17,19)(H,18,20). The normalized spacial score (nSPS) is 11.0. The lowest BCUT2D eigenvalue weighted by molar-refractivity contribution is -0.123. The van der Waals surface area contributed by atoms with Crippen LogP contribution >= 0.6 is 0 Å². The molecule has 2 amide bonds. The van der Waals surface area contributed by atoms with Crippen molar-refractivity contribution in [3.63, 3.8) is 0 Å². The third-order valence-electron chi connectivity index (χ3n) is 2.83. The van der Waals surface area contributed by atoms with Crippen LogP contribution < -0.4 is 10.6 Å². The third-order valence-corrected chi connectivity index (χ3v) is 2.83. The van der Waals surface area contributed by atoms with Gasteiger partial charge in [0.15, 0.2) is 5.76 Å². The van der Waals surface area contributed by atoms with Gasteiger partial charge in [0.1, 0.15) is 0 Å². The average molecular weight is 286 g/mol. The molecule has 110 valence electrons. The van der Waals surface area contributed by atoms with Gasteiger partial charge in [0, 0.05) is 16.8 Å². The molecule has 0 saturated heterocycles. The first-order valence-electron chi connectivity index (χ1n) is 6.62. The molecule has 2 rings (SSSR count). The first-order valence-corrected chi connectivity index (χ1v) is 6.62. The summed E-state index contributed by atoms with van der Waals surface area (Å²) in [7, 11) is 0. The van der Waals surface area contributed by atoms with E-state index >= 15 is 0 Å². The molecule has 0 atom stereocenters. The Kier molecular flexibility index (Phi) is 4.12. The van der Waals surface area contributed by atoms with Gasteiger partial charge in [0.25, 0.3) is 5.91 Å². The van der Waals surface area contributed by atoms with E-state index < -0.39 is 5.41 Å². The van der Waals surface area contributed by atoms with Crippen LogP contribution in [0.4, 0.5) is 11.4 Å². The fourth-order valence-corrected chi connectivity index (χ4v) is 1.56. The average Bonchev–Trinajstić information content (AvgIpc) is 2.94. The van der Waals surface area contributed by atoms with Gasteiger partial charge in [0.05, 0.1) is 6.26 Å². The monoisotopic (exact) mass is 286 g/mol. The van der Waals surface area contributed by atoms with Gasteiger partial charge in [-0.1, -0.05) is 20.8 Å². The molecule has 0 aliphatic carbocycles. The SMILES string of the molecule is CC(C)(C)C(=O)Nc1ccc(NC(=O)c2ccco2)cc1. The van der Waals surface area contributed by atoms with Crippen LogP contribution in [0.15, 0.2) is 47.1 Å². The molecule has 0 bridgehead atoms. The van der Waals surface area contributed by atoms with Gasteiger partial charge in [-0.2, -0.15) is 0 Å². The van der Waals surface area contributed by atoms with E-state index in [2.05, 4.69) is 10.6 Å². The van der Waals surface area contributed by atoms with Crippen molar-refractivity contribution in [3.8, 4) is 0 Å². The van der Waals surface area contributed by atoms with Crippen molar-refractivity contribution >= 4 is 23.2 Å². The minimum Gasteiger partial charge on any atom is -0.459 e. The Morgan fingerprint density at radius 3 is 2.00 bits per heavy atom. The predicted octanol–water partition coefficient (Wildman–Crippen LogP) is 3.52. The molecule has 0 spiro atoms. The molecule has 0 aliphatic rings. The second-order valence-corrected chi connectivity index (χ2v) is 5.71. The summed E-state index contributed by atoms with van der Waals surface area (Å²) in [6, 6.07) is 10.2. The third kappa shape index (κ3) is 3.95. The Hall–Kier alpha value is -2.56. The van der Waals surface area contributed by atoms with Crippen LogP contribution in [0, 0.1) is 5.41 Å². The van der Waals surface area contributed by atoms with Gasteiger partial charge < -0.3 is 15.1 Å². The van der Waals surface area contributed by atoms with Crippen molar-refractivity contribution in [1.29, 1.82) is 0 Å². The van der Waals surface area contributed by atoms with Gasteiger partial charge in [0.2, 0.25) is 5.91 Å². The second-order valence-electron chi connectivity index (χ2n) is 5.71. The quantitative estimate of drug-likeness (QED) is 0.906. The topological polar surface area (TPSA) is 71.3 Å². The number of carbonyl (C=O) groups is 2. The minimum absolute atomic E-state index is 0.0603. The maximum absolute atomic E-state index is 11.9. The molecule has 2 aromatic rings. The van der Waals surface area contributed by atoms with E-state index in [1.807, 2.05) is 20.8 Å². The zero-order chi connectivity index (χ0) is 15.5. The number of amides is 2.